The third-order valence-corrected chi connectivity index (χ3v) is 4.82. The first-order chi connectivity index (χ1) is 12.6. The molecule has 0 aliphatic carbocycles. The van der Waals surface area contributed by atoms with Crippen LogP contribution in [0.2, 0.25) is 0 Å². The van der Waals surface area contributed by atoms with Crippen LogP contribution in [-0.4, -0.2) is 43.2 Å². The van der Waals surface area contributed by atoms with Crippen LogP contribution >= 0.6 is 11.3 Å². The molecule has 0 radical (unpaired) electrons. The Morgan fingerprint density at radius 1 is 1.35 bits per heavy atom. The van der Waals surface area contributed by atoms with Gasteiger partial charge in [-0.25, -0.2) is 4.98 Å². The van der Waals surface area contributed by atoms with Crippen molar-refractivity contribution in [1.29, 1.82) is 0 Å². The Balaban J connectivity index is 1.48. The standard InChI is InChI=1S/C18H21N3O4S/c1-24-14-6-4-12(5-7-14)17(23)21-18-20-13(11-26-18)9-16(22)19-10-15-3-2-8-25-15/h4-7,11,15H,2-3,8-10H2,1H3,(H,19,22)(H,20,21,23). The Morgan fingerprint density at radius 2 is 2.15 bits per heavy atom. The number of carbonyl (C=O) groups excluding carboxylic acids is 2. The van der Waals surface area contributed by atoms with Gasteiger partial charge in [0.15, 0.2) is 5.13 Å². The van der Waals surface area contributed by atoms with Crippen molar-refractivity contribution in [3.8, 4) is 5.75 Å². The Labute approximate surface area is 155 Å². The minimum atomic E-state index is -0.253. The monoisotopic (exact) mass is 375 g/mol. The number of rotatable bonds is 7. The summed E-state index contributed by atoms with van der Waals surface area (Å²) < 4.78 is 10.5. The average molecular weight is 375 g/mol. The maximum atomic E-state index is 12.2. The fraction of sp³-hybridized carbons (Fsp3) is 0.389. The van der Waals surface area contributed by atoms with Gasteiger partial charge in [0, 0.05) is 24.1 Å². The van der Waals surface area contributed by atoms with Crippen LogP contribution in [0.3, 0.4) is 0 Å². The van der Waals surface area contributed by atoms with Crippen molar-refractivity contribution in [3.63, 3.8) is 0 Å². The number of anilines is 1. The second kappa shape index (κ2) is 8.77. The molecular formula is C18H21N3O4S. The highest BCUT2D eigenvalue weighted by Gasteiger charge is 2.17. The van der Waals surface area contributed by atoms with E-state index in [4.69, 9.17) is 9.47 Å². The van der Waals surface area contributed by atoms with Gasteiger partial charge >= 0.3 is 0 Å². The second-order valence-corrected chi connectivity index (χ2v) is 6.80. The van der Waals surface area contributed by atoms with Gasteiger partial charge in [0.25, 0.3) is 5.91 Å². The number of hydrogen-bond acceptors (Lipinski definition) is 6. The SMILES string of the molecule is COc1ccc(C(=O)Nc2nc(CC(=O)NCC3CCCO3)cs2)cc1. The largest absolute Gasteiger partial charge is 0.497 e. The number of hydrogen-bond donors (Lipinski definition) is 2. The number of carbonyl (C=O) groups is 2. The minimum Gasteiger partial charge on any atom is -0.497 e. The van der Waals surface area contributed by atoms with Crippen molar-refractivity contribution >= 4 is 28.3 Å². The number of ether oxygens (including phenoxy) is 2. The number of benzene rings is 1. The molecule has 1 aromatic carbocycles. The van der Waals surface area contributed by atoms with E-state index < -0.39 is 0 Å². The van der Waals surface area contributed by atoms with Crippen LogP contribution in [0.25, 0.3) is 0 Å². The summed E-state index contributed by atoms with van der Waals surface area (Å²) >= 11 is 1.29. The zero-order valence-electron chi connectivity index (χ0n) is 14.5. The molecule has 1 saturated heterocycles. The summed E-state index contributed by atoms with van der Waals surface area (Å²) in [6.45, 7) is 1.30. The zero-order chi connectivity index (χ0) is 18.4. The Morgan fingerprint density at radius 3 is 2.85 bits per heavy atom. The first kappa shape index (κ1) is 18.3. The van der Waals surface area contributed by atoms with Gasteiger partial charge < -0.3 is 14.8 Å². The number of amides is 2. The summed E-state index contributed by atoms with van der Waals surface area (Å²) in [6, 6.07) is 6.81. The van der Waals surface area contributed by atoms with E-state index in [1.807, 2.05) is 0 Å². The van der Waals surface area contributed by atoms with Crippen LogP contribution < -0.4 is 15.4 Å². The minimum absolute atomic E-state index is 0.0983. The number of methoxy groups -OCH3 is 1. The lowest BCUT2D eigenvalue weighted by Gasteiger charge is -2.09. The summed E-state index contributed by atoms with van der Waals surface area (Å²) in [5.74, 6) is 0.335. The van der Waals surface area contributed by atoms with E-state index in [2.05, 4.69) is 15.6 Å². The third kappa shape index (κ3) is 5.03. The molecule has 2 N–H and O–H groups in total. The van der Waals surface area contributed by atoms with Crippen molar-refractivity contribution in [2.75, 3.05) is 25.6 Å². The summed E-state index contributed by atoms with van der Waals surface area (Å²) in [5, 5.41) is 7.84. The second-order valence-electron chi connectivity index (χ2n) is 5.94. The molecule has 138 valence electrons. The lowest BCUT2D eigenvalue weighted by molar-refractivity contribution is -0.121. The predicted octanol–water partition coefficient (Wildman–Crippen LogP) is 2.24. The quantitative estimate of drug-likeness (QED) is 0.775. The first-order valence-electron chi connectivity index (χ1n) is 8.42. The third-order valence-electron chi connectivity index (χ3n) is 4.02. The van der Waals surface area contributed by atoms with Crippen molar-refractivity contribution < 1.29 is 19.1 Å². The topological polar surface area (TPSA) is 89.5 Å². The van der Waals surface area contributed by atoms with Crippen LogP contribution in [0.15, 0.2) is 29.6 Å². The van der Waals surface area contributed by atoms with Gasteiger partial charge in [0.2, 0.25) is 5.91 Å². The molecule has 1 aromatic heterocycles. The molecule has 0 saturated carbocycles. The molecule has 0 bridgehead atoms. The molecule has 26 heavy (non-hydrogen) atoms. The van der Waals surface area contributed by atoms with Gasteiger partial charge in [-0.1, -0.05) is 0 Å². The molecule has 8 heteroatoms. The van der Waals surface area contributed by atoms with E-state index in [9.17, 15) is 9.59 Å². The maximum Gasteiger partial charge on any atom is 0.257 e. The Kier molecular flexibility index (Phi) is 6.19. The zero-order valence-corrected chi connectivity index (χ0v) is 15.3. The summed E-state index contributed by atoms with van der Waals surface area (Å²) in [4.78, 5) is 28.5. The van der Waals surface area contributed by atoms with Gasteiger partial charge in [-0.15, -0.1) is 11.3 Å². The lowest BCUT2D eigenvalue weighted by atomic mass is 10.2. The highest BCUT2D eigenvalue weighted by Crippen LogP contribution is 2.18. The average Bonchev–Trinajstić information content (AvgIpc) is 3.32. The van der Waals surface area contributed by atoms with Gasteiger partial charge in [-0.2, -0.15) is 0 Å². The van der Waals surface area contributed by atoms with Crippen LogP contribution in [0.4, 0.5) is 5.13 Å². The van der Waals surface area contributed by atoms with Crippen molar-refractivity contribution in [2.45, 2.75) is 25.4 Å². The van der Waals surface area contributed by atoms with Crippen LogP contribution in [0, 0.1) is 0 Å². The molecule has 1 aliphatic heterocycles. The van der Waals surface area contributed by atoms with E-state index in [-0.39, 0.29) is 24.3 Å². The van der Waals surface area contributed by atoms with Crippen molar-refractivity contribution in [1.82, 2.24) is 10.3 Å². The molecule has 0 spiro atoms. The summed E-state index contributed by atoms with van der Waals surface area (Å²) in [7, 11) is 1.57. The van der Waals surface area contributed by atoms with Crippen LogP contribution in [0.1, 0.15) is 28.9 Å². The van der Waals surface area contributed by atoms with E-state index in [1.54, 1.807) is 36.8 Å². The molecule has 1 aliphatic rings. The lowest BCUT2D eigenvalue weighted by Crippen LogP contribution is -2.32. The number of nitrogens with one attached hydrogen (secondary N) is 2. The molecule has 2 heterocycles. The smallest absolute Gasteiger partial charge is 0.257 e. The summed E-state index contributed by atoms with van der Waals surface area (Å²) in [5.41, 5.74) is 1.14. The summed E-state index contributed by atoms with van der Waals surface area (Å²) in [6.07, 6.45) is 2.33. The highest BCUT2D eigenvalue weighted by molar-refractivity contribution is 7.14. The fourth-order valence-electron chi connectivity index (χ4n) is 2.62. The van der Waals surface area contributed by atoms with E-state index in [1.165, 1.54) is 11.3 Å². The molecule has 2 aromatic rings. The van der Waals surface area contributed by atoms with Crippen LogP contribution in [0.5, 0.6) is 5.75 Å². The van der Waals surface area contributed by atoms with Crippen LogP contribution in [-0.2, 0) is 16.0 Å². The van der Waals surface area contributed by atoms with Gasteiger partial charge in [0.05, 0.1) is 25.3 Å². The highest BCUT2D eigenvalue weighted by atomic mass is 32.1. The molecule has 2 amide bonds. The van der Waals surface area contributed by atoms with Gasteiger partial charge in [-0.05, 0) is 37.1 Å². The van der Waals surface area contributed by atoms with E-state index >= 15 is 0 Å². The van der Waals surface area contributed by atoms with E-state index in [0.717, 1.165) is 19.4 Å². The molecular weight excluding hydrogens is 354 g/mol. The normalized spacial score (nSPS) is 16.3. The van der Waals surface area contributed by atoms with Crippen molar-refractivity contribution in [3.05, 3.63) is 40.9 Å². The fourth-order valence-corrected chi connectivity index (χ4v) is 3.32. The number of nitrogens with zero attached hydrogens (tertiary/aromatic N) is 1. The molecule has 7 nitrogen and oxygen atoms in total. The van der Waals surface area contributed by atoms with E-state index in [0.29, 0.717) is 28.7 Å². The number of thiazole rings is 1. The molecule has 1 atom stereocenters. The Bertz CT molecular complexity index is 754. The van der Waals surface area contributed by atoms with Gasteiger partial charge in [-0.3, -0.25) is 14.9 Å². The molecule has 1 unspecified atom stereocenters. The number of aromatic nitrogens is 1. The maximum absolute atomic E-state index is 12.2. The first-order valence-corrected chi connectivity index (χ1v) is 9.30. The van der Waals surface area contributed by atoms with Crippen molar-refractivity contribution in [2.24, 2.45) is 0 Å². The molecule has 1 fully saturated rings. The predicted molar refractivity (Wildman–Crippen MR) is 98.7 cm³/mol. The Hall–Kier alpha value is -2.45. The van der Waals surface area contributed by atoms with Gasteiger partial charge in [0.1, 0.15) is 5.75 Å². The molecule has 3 rings (SSSR count).